The van der Waals surface area contributed by atoms with Crippen molar-refractivity contribution in [2.75, 3.05) is 13.7 Å². The van der Waals surface area contributed by atoms with E-state index in [1.807, 2.05) is 6.07 Å². The van der Waals surface area contributed by atoms with Gasteiger partial charge in [-0.05, 0) is 34.1 Å². The average molecular weight is 425 g/mol. The van der Waals surface area contributed by atoms with Gasteiger partial charge in [0.15, 0.2) is 0 Å². The van der Waals surface area contributed by atoms with Crippen LogP contribution in [0.15, 0.2) is 33.3 Å². The van der Waals surface area contributed by atoms with E-state index in [1.54, 1.807) is 30.1 Å². The molecule has 1 aromatic heterocycles. The van der Waals surface area contributed by atoms with E-state index in [-0.39, 0.29) is 0 Å². The van der Waals surface area contributed by atoms with Gasteiger partial charge in [0.25, 0.3) is 0 Å². The van der Waals surface area contributed by atoms with Crippen molar-refractivity contribution >= 4 is 43.5 Å². The molecule has 0 saturated carbocycles. The van der Waals surface area contributed by atoms with Crippen LogP contribution in [0.4, 0.5) is 0 Å². The largest absolute Gasteiger partial charge is 0.383 e. The SMILES string of the molecule is COCCn1ncc(Br)c1C(O)c1cc(Cl)ccc1Br. The van der Waals surface area contributed by atoms with Gasteiger partial charge in [-0.25, -0.2) is 0 Å². The Bertz CT molecular complexity index is 604. The third-order valence-electron chi connectivity index (χ3n) is 2.85. The fourth-order valence-electron chi connectivity index (χ4n) is 1.87. The van der Waals surface area contributed by atoms with Crippen molar-refractivity contribution in [2.24, 2.45) is 0 Å². The molecule has 2 aromatic rings. The number of nitrogens with zero attached hydrogens (tertiary/aromatic N) is 2. The Morgan fingerprint density at radius 2 is 2.15 bits per heavy atom. The highest BCUT2D eigenvalue weighted by Crippen LogP contribution is 2.34. The highest BCUT2D eigenvalue weighted by molar-refractivity contribution is 9.10. The van der Waals surface area contributed by atoms with Crippen LogP contribution in [-0.2, 0) is 11.3 Å². The fourth-order valence-corrected chi connectivity index (χ4v) is 3.03. The third kappa shape index (κ3) is 3.43. The van der Waals surface area contributed by atoms with Crippen LogP contribution in [0, 0.1) is 0 Å². The van der Waals surface area contributed by atoms with Gasteiger partial charge in [-0.15, -0.1) is 0 Å². The number of ether oxygens (including phenoxy) is 1. The van der Waals surface area contributed by atoms with Gasteiger partial charge in [0.05, 0.1) is 29.5 Å². The molecule has 0 aliphatic heterocycles. The van der Waals surface area contributed by atoms with Crippen LogP contribution in [0.2, 0.25) is 5.02 Å². The van der Waals surface area contributed by atoms with Crippen LogP contribution in [0.5, 0.6) is 0 Å². The summed E-state index contributed by atoms with van der Waals surface area (Å²) >= 11 is 12.8. The predicted molar refractivity (Wildman–Crippen MR) is 85.0 cm³/mol. The number of aromatic nitrogens is 2. The Morgan fingerprint density at radius 3 is 2.85 bits per heavy atom. The standard InChI is InChI=1S/C13H13Br2ClN2O2/c1-20-5-4-18-12(11(15)7-17-18)13(19)9-6-8(16)2-3-10(9)14/h2-3,6-7,13,19H,4-5H2,1H3. The number of methoxy groups -OCH3 is 1. The Labute approximate surface area is 139 Å². The first-order chi connectivity index (χ1) is 9.54. The fraction of sp³-hybridized carbons (Fsp3) is 0.308. The Balaban J connectivity index is 2.39. The molecule has 4 nitrogen and oxygen atoms in total. The van der Waals surface area contributed by atoms with Crippen LogP contribution >= 0.6 is 43.5 Å². The molecular formula is C13H13Br2ClN2O2. The second kappa shape index (κ2) is 7.04. The van der Waals surface area contributed by atoms with Crippen molar-refractivity contribution in [3.63, 3.8) is 0 Å². The molecule has 7 heteroatoms. The van der Waals surface area contributed by atoms with E-state index in [1.165, 1.54) is 0 Å². The molecule has 1 aromatic carbocycles. The van der Waals surface area contributed by atoms with Crippen molar-refractivity contribution in [2.45, 2.75) is 12.6 Å². The average Bonchev–Trinajstić information content (AvgIpc) is 2.79. The lowest BCUT2D eigenvalue weighted by Gasteiger charge is -2.16. The molecule has 1 N–H and O–H groups in total. The number of halogens is 3. The van der Waals surface area contributed by atoms with Gasteiger partial charge in [0, 0.05) is 22.2 Å². The van der Waals surface area contributed by atoms with Gasteiger partial charge in [0.1, 0.15) is 6.10 Å². The number of aliphatic hydroxyl groups is 1. The summed E-state index contributed by atoms with van der Waals surface area (Å²) in [5.74, 6) is 0. The lowest BCUT2D eigenvalue weighted by atomic mass is 10.1. The highest BCUT2D eigenvalue weighted by Gasteiger charge is 2.21. The van der Waals surface area contributed by atoms with E-state index in [2.05, 4.69) is 37.0 Å². The zero-order chi connectivity index (χ0) is 14.7. The predicted octanol–water partition coefficient (Wildman–Crippen LogP) is 3.79. The van der Waals surface area contributed by atoms with Crippen molar-refractivity contribution < 1.29 is 9.84 Å². The molecule has 1 atom stereocenters. The van der Waals surface area contributed by atoms with Gasteiger partial charge in [-0.1, -0.05) is 27.5 Å². The van der Waals surface area contributed by atoms with Crippen LogP contribution in [0.3, 0.4) is 0 Å². The maximum absolute atomic E-state index is 10.6. The number of hydrogen-bond donors (Lipinski definition) is 1. The smallest absolute Gasteiger partial charge is 0.123 e. The van der Waals surface area contributed by atoms with Crippen LogP contribution in [0.1, 0.15) is 17.4 Å². The normalized spacial score (nSPS) is 12.7. The molecule has 0 aliphatic rings. The van der Waals surface area contributed by atoms with Crippen molar-refractivity contribution in [1.82, 2.24) is 9.78 Å². The van der Waals surface area contributed by atoms with Crippen molar-refractivity contribution in [3.05, 3.63) is 49.6 Å². The minimum atomic E-state index is -0.836. The van der Waals surface area contributed by atoms with E-state index in [0.29, 0.717) is 29.4 Å². The van der Waals surface area contributed by atoms with Gasteiger partial charge in [0.2, 0.25) is 0 Å². The first-order valence-electron chi connectivity index (χ1n) is 5.87. The summed E-state index contributed by atoms with van der Waals surface area (Å²) < 4.78 is 8.30. The molecule has 0 fully saturated rings. The number of benzene rings is 1. The first kappa shape index (κ1) is 16.0. The molecule has 1 heterocycles. The van der Waals surface area contributed by atoms with Crippen molar-refractivity contribution in [3.8, 4) is 0 Å². The van der Waals surface area contributed by atoms with E-state index < -0.39 is 6.10 Å². The number of aliphatic hydroxyl groups excluding tert-OH is 1. The minimum Gasteiger partial charge on any atom is -0.383 e. The van der Waals surface area contributed by atoms with Gasteiger partial charge >= 0.3 is 0 Å². The quantitative estimate of drug-likeness (QED) is 0.795. The molecule has 0 spiro atoms. The summed E-state index contributed by atoms with van der Waals surface area (Å²) in [6, 6.07) is 5.31. The summed E-state index contributed by atoms with van der Waals surface area (Å²) in [5.41, 5.74) is 1.36. The summed E-state index contributed by atoms with van der Waals surface area (Å²) in [6.45, 7) is 1.08. The molecule has 0 amide bonds. The Kier molecular flexibility index (Phi) is 5.63. The summed E-state index contributed by atoms with van der Waals surface area (Å²) in [6.07, 6.45) is 0.823. The zero-order valence-corrected chi connectivity index (χ0v) is 14.6. The second-order valence-corrected chi connectivity index (χ2v) is 6.31. The highest BCUT2D eigenvalue weighted by atomic mass is 79.9. The van der Waals surface area contributed by atoms with Crippen LogP contribution in [0.25, 0.3) is 0 Å². The topological polar surface area (TPSA) is 47.3 Å². The molecule has 108 valence electrons. The Morgan fingerprint density at radius 1 is 1.40 bits per heavy atom. The first-order valence-corrected chi connectivity index (χ1v) is 7.84. The monoisotopic (exact) mass is 422 g/mol. The van der Waals surface area contributed by atoms with Crippen molar-refractivity contribution in [1.29, 1.82) is 0 Å². The molecule has 2 rings (SSSR count). The van der Waals surface area contributed by atoms with E-state index in [0.717, 1.165) is 8.95 Å². The maximum Gasteiger partial charge on any atom is 0.123 e. The van der Waals surface area contributed by atoms with E-state index in [4.69, 9.17) is 16.3 Å². The maximum atomic E-state index is 10.6. The third-order valence-corrected chi connectivity index (χ3v) is 4.42. The lowest BCUT2D eigenvalue weighted by Crippen LogP contribution is -2.14. The zero-order valence-electron chi connectivity index (χ0n) is 10.7. The summed E-state index contributed by atoms with van der Waals surface area (Å²) in [4.78, 5) is 0. The molecular weight excluding hydrogens is 411 g/mol. The molecule has 1 unspecified atom stereocenters. The number of hydrogen-bond acceptors (Lipinski definition) is 3. The van der Waals surface area contributed by atoms with Crippen LogP contribution < -0.4 is 0 Å². The van der Waals surface area contributed by atoms with E-state index >= 15 is 0 Å². The summed E-state index contributed by atoms with van der Waals surface area (Å²) in [5, 5.41) is 15.4. The van der Waals surface area contributed by atoms with Gasteiger partial charge in [-0.3, -0.25) is 4.68 Å². The van der Waals surface area contributed by atoms with Gasteiger partial charge in [-0.2, -0.15) is 5.10 Å². The number of rotatable bonds is 5. The molecule has 0 bridgehead atoms. The van der Waals surface area contributed by atoms with Gasteiger partial charge < -0.3 is 9.84 Å². The van der Waals surface area contributed by atoms with Crippen LogP contribution in [-0.4, -0.2) is 28.6 Å². The second-order valence-electron chi connectivity index (χ2n) is 4.16. The molecule has 0 radical (unpaired) electrons. The molecule has 0 aliphatic carbocycles. The van der Waals surface area contributed by atoms with E-state index in [9.17, 15) is 5.11 Å². The minimum absolute atomic E-state index is 0.518. The molecule has 20 heavy (non-hydrogen) atoms. The summed E-state index contributed by atoms with van der Waals surface area (Å²) in [7, 11) is 1.63. The molecule has 0 saturated heterocycles. The Hall–Kier alpha value is -0.400. The lowest BCUT2D eigenvalue weighted by molar-refractivity contribution is 0.171.